The molecule has 0 saturated carbocycles. The fourth-order valence-electron chi connectivity index (χ4n) is 3.62. The predicted molar refractivity (Wildman–Crippen MR) is 123 cm³/mol. The normalized spacial score (nSPS) is 15.6. The van der Waals surface area contributed by atoms with Crippen molar-refractivity contribution in [3.8, 4) is 11.5 Å². The van der Waals surface area contributed by atoms with E-state index in [1.54, 1.807) is 31.0 Å². The SMILES string of the molecule is COc1ccc(N(Cc2cccc(F)c2)c2ccc(SC)cc2)cc1O[C@@H]1CCOC1. The first-order valence-corrected chi connectivity index (χ1v) is 11.5. The molecule has 6 heteroatoms. The predicted octanol–water partition coefficient (Wildman–Crippen LogP) is 6.06. The van der Waals surface area contributed by atoms with Gasteiger partial charge in [-0.15, -0.1) is 11.8 Å². The Morgan fingerprint density at radius 3 is 2.52 bits per heavy atom. The zero-order valence-electron chi connectivity index (χ0n) is 17.7. The summed E-state index contributed by atoms with van der Waals surface area (Å²) in [5.41, 5.74) is 2.84. The van der Waals surface area contributed by atoms with Gasteiger partial charge < -0.3 is 19.1 Å². The molecule has 31 heavy (non-hydrogen) atoms. The second kappa shape index (κ2) is 10.1. The van der Waals surface area contributed by atoms with E-state index in [9.17, 15) is 4.39 Å². The van der Waals surface area contributed by atoms with Crippen LogP contribution in [0.15, 0.2) is 71.6 Å². The van der Waals surface area contributed by atoms with Crippen molar-refractivity contribution in [3.63, 3.8) is 0 Å². The average molecular weight is 440 g/mol. The lowest BCUT2D eigenvalue weighted by Gasteiger charge is -2.27. The number of anilines is 2. The number of halogens is 1. The highest BCUT2D eigenvalue weighted by molar-refractivity contribution is 7.98. The molecule has 0 amide bonds. The van der Waals surface area contributed by atoms with Crippen LogP contribution in [0.1, 0.15) is 12.0 Å². The van der Waals surface area contributed by atoms with E-state index >= 15 is 0 Å². The van der Waals surface area contributed by atoms with Crippen LogP contribution < -0.4 is 14.4 Å². The maximum atomic E-state index is 13.8. The number of nitrogens with zero attached hydrogens (tertiary/aromatic N) is 1. The van der Waals surface area contributed by atoms with E-state index in [0.29, 0.717) is 31.3 Å². The molecule has 0 bridgehead atoms. The molecular formula is C25H26FNO3S. The first kappa shape index (κ1) is 21.5. The van der Waals surface area contributed by atoms with Gasteiger partial charge in [0.2, 0.25) is 0 Å². The van der Waals surface area contributed by atoms with Crippen molar-refractivity contribution >= 4 is 23.1 Å². The van der Waals surface area contributed by atoms with Gasteiger partial charge in [-0.05, 0) is 60.4 Å². The Morgan fingerprint density at radius 2 is 1.84 bits per heavy atom. The summed E-state index contributed by atoms with van der Waals surface area (Å²) in [4.78, 5) is 3.34. The largest absolute Gasteiger partial charge is 0.493 e. The van der Waals surface area contributed by atoms with Crippen LogP contribution in [0.5, 0.6) is 11.5 Å². The fraction of sp³-hybridized carbons (Fsp3) is 0.280. The third-order valence-corrected chi connectivity index (χ3v) is 6.00. The van der Waals surface area contributed by atoms with Crippen molar-refractivity contribution in [3.05, 3.63) is 78.1 Å². The number of methoxy groups -OCH3 is 1. The summed E-state index contributed by atoms with van der Waals surface area (Å²) in [6.45, 7) is 1.81. The van der Waals surface area contributed by atoms with Gasteiger partial charge in [-0.2, -0.15) is 0 Å². The molecule has 0 aromatic heterocycles. The van der Waals surface area contributed by atoms with Crippen LogP contribution >= 0.6 is 11.8 Å². The lowest BCUT2D eigenvalue weighted by atomic mass is 10.1. The van der Waals surface area contributed by atoms with E-state index in [2.05, 4.69) is 35.4 Å². The summed E-state index contributed by atoms with van der Waals surface area (Å²) >= 11 is 1.70. The van der Waals surface area contributed by atoms with Gasteiger partial charge in [-0.3, -0.25) is 0 Å². The zero-order chi connectivity index (χ0) is 21.6. The summed E-state index contributed by atoms with van der Waals surface area (Å²) in [7, 11) is 1.64. The molecular weight excluding hydrogens is 413 g/mol. The van der Waals surface area contributed by atoms with Gasteiger partial charge in [-0.25, -0.2) is 4.39 Å². The molecule has 3 aromatic rings. The second-order valence-corrected chi connectivity index (χ2v) is 8.23. The molecule has 0 radical (unpaired) electrons. The van der Waals surface area contributed by atoms with E-state index < -0.39 is 0 Å². The number of ether oxygens (including phenoxy) is 3. The van der Waals surface area contributed by atoms with E-state index in [4.69, 9.17) is 14.2 Å². The summed E-state index contributed by atoms with van der Waals surface area (Å²) < 4.78 is 31.0. The van der Waals surface area contributed by atoms with Crippen molar-refractivity contribution in [2.24, 2.45) is 0 Å². The molecule has 1 saturated heterocycles. The molecule has 162 valence electrons. The van der Waals surface area contributed by atoms with E-state index in [-0.39, 0.29) is 11.9 Å². The highest BCUT2D eigenvalue weighted by atomic mass is 32.2. The maximum absolute atomic E-state index is 13.8. The molecule has 4 nitrogen and oxygen atoms in total. The molecule has 0 spiro atoms. The molecule has 0 aliphatic carbocycles. The number of benzene rings is 3. The van der Waals surface area contributed by atoms with Gasteiger partial charge in [-0.1, -0.05) is 12.1 Å². The number of hydrogen-bond acceptors (Lipinski definition) is 5. The smallest absolute Gasteiger partial charge is 0.163 e. The van der Waals surface area contributed by atoms with E-state index in [1.807, 2.05) is 24.3 Å². The topological polar surface area (TPSA) is 30.9 Å². The van der Waals surface area contributed by atoms with Crippen LogP contribution in [0.2, 0.25) is 0 Å². The molecule has 1 aliphatic heterocycles. The minimum Gasteiger partial charge on any atom is -0.493 e. The fourth-order valence-corrected chi connectivity index (χ4v) is 4.03. The van der Waals surface area contributed by atoms with E-state index in [0.717, 1.165) is 23.4 Å². The standard InChI is InChI=1S/C25H26FNO3S/c1-28-24-11-8-21(15-25(24)30-22-12-13-29-17-22)27(16-18-4-3-5-19(26)14-18)20-6-9-23(31-2)10-7-20/h3-11,14-15,22H,12-13,16-17H2,1-2H3/t22-/m1/s1. The third kappa shape index (κ3) is 5.32. The molecule has 0 unspecified atom stereocenters. The average Bonchev–Trinajstić information content (AvgIpc) is 3.31. The van der Waals surface area contributed by atoms with Crippen LogP contribution in [-0.2, 0) is 11.3 Å². The Kier molecular flexibility index (Phi) is 6.99. The van der Waals surface area contributed by atoms with Gasteiger partial charge in [0, 0.05) is 35.3 Å². The van der Waals surface area contributed by atoms with Crippen LogP contribution in [0.4, 0.5) is 15.8 Å². The van der Waals surface area contributed by atoms with E-state index in [1.165, 1.54) is 11.0 Å². The third-order valence-electron chi connectivity index (χ3n) is 5.25. The van der Waals surface area contributed by atoms with Gasteiger partial charge >= 0.3 is 0 Å². The first-order chi connectivity index (χ1) is 15.2. The van der Waals surface area contributed by atoms with Crippen LogP contribution in [0.3, 0.4) is 0 Å². The molecule has 1 fully saturated rings. The molecule has 1 aliphatic rings. The number of thioether (sulfide) groups is 1. The van der Waals surface area contributed by atoms with Crippen LogP contribution in [0, 0.1) is 5.82 Å². The number of hydrogen-bond donors (Lipinski definition) is 0. The Morgan fingerprint density at radius 1 is 1.03 bits per heavy atom. The molecule has 0 N–H and O–H groups in total. The van der Waals surface area contributed by atoms with Gasteiger partial charge in [0.05, 0.1) is 20.3 Å². The maximum Gasteiger partial charge on any atom is 0.163 e. The minimum absolute atomic E-state index is 0.0154. The highest BCUT2D eigenvalue weighted by Crippen LogP contribution is 2.37. The Hall–Kier alpha value is -2.70. The molecule has 1 atom stereocenters. The second-order valence-electron chi connectivity index (χ2n) is 7.35. The minimum atomic E-state index is -0.241. The highest BCUT2D eigenvalue weighted by Gasteiger charge is 2.21. The lowest BCUT2D eigenvalue weighted by Crippen LogP contribution is -2.18. The Balaban J connectivity index is 1.70. The lowest BCUT2D eigenvalue weighted by molar-refractivity contribution is 0.138. The van der Waals surface area contributed by atoms with Crippen molar-refractivity contribution in [2.45, 2.75) is 24.0 Å². The first-order valence-electron chi connectivity index (χ1n) is 10.2. The molecule has 4 rings (SSSR count). The summed E-state index contributed by atoms with van der Waals surface area (Å²) in [6.07, 6.45) is 2.93. The Bertz CT molecular complexity index is 1010. The van der Waals surface area contributed by atoms with Gasteiger partial charge in [0.1, 0.15) is 11.9 Å². The molecule has 1 heterocycles. The van der Waals surface area contributed by atoms with Crippen molar-refractivity contribution in [1.82, 2.24) is 0 Å². The zero-order valence-corrected chi connectivity index (χ0v) is 18.5. The van der Waals surface area contributed by atoms with Gasteiger partial charge in [0.15, 0.2) is 11.5 Å². The molecule has 3 aromatic carbocycles. The summed E-state index contributed by atoms with van der Waals surface area (Å²) in [6, 6.07) is 21.0. The van der Waals surface area contributed by atoms with Crippen molar-refractivity contribution in [2.75, 3.05) is 31.5 Å². The van der Waals surface area contributed by atoms with Crippen molar-refractivity contribution < 1.29 is 18.6 Å². The number of rotatable bonds is 8. The van der Waals surface area contributed by atoms with Crippen LogP contribution in [0.25, 0.3) is 0 Å². The van der Waals surface area contributed by atoms with Gasteiger partial charge in [0.25, 0.3) is 0 Å². The van der Waals surface area contributed by atoms with Crippen LogP contribution in [-0.4, -0.2) is 32.7 Å². The summed E-state index contributed by atoms with van der Waals surface area (Å²) in [5.74, 6) is 1.12. The summed E-state index contributed by atoms with van der Waals surface area (Å²) in [5, 5.41) is 0. The van der Waals surface area contributed by atoms with Crippen molar-refractivity contribution in [1.29, 1.82) is 0 Å². The monoisotopic (exact) mass is 439 g/mol. The quantitative estimate of drug-likeness (QED) is 0.398. The Labute approximate surface area is 186 Å².